The monoisotopic (exact) mass is 288 g/mol. The second-order valence-corrected chi connectivity index (χ2v) is 4.25. The highest BCUT2D eigenvalue weighted by Gasteiger charge is 2.04. The van der Waals surface area contributed by atoms with Crippen LogP contribution in [0.15, 0.2) is 46.9 Å². The molecule has 3 nitrogen and oxygen atoms in total. The second kappa shape index (κ2) is 4.89. The molecule has 0 amide bonds. The predicted octanol–water partition coefficient (Wildman–Crippen LogP) is 3.70. The lowest BCUT2D eigenvalue weighted by molar-refractivity contribution is 0.480. The Morgan fingerprint density at radius 2 is 1.94 bits per heavy atom. The Balaban J connectivity index is 2.29. The summed E-state index contributed by atoms with van der Waals surface area (Å²) in [6.07, 6.45) is 0. The molecule has 2 rings (SSSR count). The Morgan fingerprint density at radius 3 is 2.59 bits per heavy atom. The van der Waals surface area contributed by atoms with Gasteiger partial charge in [-0.1, -0.05) is 12.1 Å². The van der Waals surface area contributed by atoms with Crippen LogP contribution in [0.2, 0.25) is 0 Å². The largest absolute Gasteiger partial charge is 0.456 e. The number of para-hydroxylation sites is 1. The van der Waals surface area contributed by atoms with E-state index in [0.717, 1.165) is 4.47 Å². The van der Waals surface area contributed by atoms with E-state index in [9.17, 15) is 0 Å². The first-order valence-corrected chi connectivity index (χ1v) is 5.72. The van der Waals surface area contributed by atoms with Gasteiger partial charge in [0.25, 0.3) is 0 Å². The van der Waals surface area contributed by atoms with Crippen LogP contribution in [0.5, 0.6) is 11.5 Å². The van der Waals surface area contributed by atoms with Gasteiger partial charge in [0.05, 0.1) is 15.7 Å². The Labute approximate surface area is 108 Å². The maximum absolute atomic E-state index is 8.76. The molecule has 0 aliphatic heterocycles. The zero-order valence-electron chi connectivity index (χ0n) is 8.85. The average Bonchev–Trinajstić information content (AvgIpc) is 2.32. The van der Waals surface area contributed by atoms with Gasteiger partial charge < -0.3 is 10.5 Å². The van der Waals surface area contributed by atoms with Crippen LogP contribution in [0.25, 0.3) is 0 Å². The first kappa shape index (κ1) is 11.5. The number of anilines is 1. The summed E-state index contributed by atoms with van der Waals surface area (Å²) in [5.41, 5.74) is 6.57. The van der Waals surface area contributed by atoms with Crippen molar-refractivity contribution in [2.75, 3.05) is 5.73 Å². The SMILES string of the molecule is N#Cc1ccc(Oc2ccccc2Br)cc1N. The van der Waals surface area contributed by atoms with Crippen molar-refractivity contribution < 1.29 is 4.74 Å². The third-order valence-electron chi connectivity index (χ3n) is 2.21. The molecule has 2 N–H and O–H groups in total. The number of rotatable bonds is 2. The fourth-order valence-corrected chi connectivity index (χ4v) is 1.73. The molecule has 0 radical (unpaired) electrons. The molecular formula is C13H9BrN2O. The van der Waals surface area contributed by atoms with Gasteiger partial charge in [-0.3, -0.25) is 0 Å². The van der Waals surface area contributed by atoms with Gasteiger partial charge in [-0.2, -0.15) is 5.26 Å². The quantitative estimate of drug-likeness (QED) is 0.858. The number of benzene rings is 2. The van der Waals surface area contributed by atoms with E-state index < -0.39 is 0 Å². The van der Waals surface area contributed by atoms with Gasteiger partial charge in [-0.15, -0.1) is 0 Å². The Hall–Kier alpha value is -1.99. The van der Waals surface area contributed by atoms with Crippen molar-refractivity contribution in [2.45, 2.75) is 0 Å². The average molecular weight is 289 g/mol. The molecule has 0 aliphatic rings. The lowest BCUT2D eigenvalue weighted by atomic mass is 10.2. The van der Waals surface area contributed by atoms with E-state index in [1.807, 2.05) is 30.3 Å². The molecule has 84 valence electrons. The van der Waals surface area contributed by atoms with Gasteiger partial charge in [0.15, 0.2) is 0 Å². The molecule has 0 heterocycles. The number of nitrogens with zero attached hydrogens (tertiary/aromatic N) is 1. The van der Waals surface area contributed by atoms with Crippen molar-refractivity contribution in [3.05, 3.63) is 52.5 Å². The molecule has 2 aromatic carbocycles. The minimum absolute atomic E-state index is 0.414. The van der Waals surface area contributed by atoms with Crippen LogP contribution in [0, 0.1) is 11.3 Å². The topological polar surface area (TPSA) is 59.0 Å². The summed E-state index contributed by atoms with van der Waals surface area (Å²) in [5, 5.41) is 8.76. The van der Waals surface area contributed by atoms with Crippen molar-refractivity contribution in [1.29, 1.82) is 5.26 Å². The highest BCUT2D eigenvalue weighted by molar-refractivity contribution is 9.10. The Morgan fingerprint density at radius 1 is 1.18 bits per heavy atom. The molecule has 4 heteroatoms. The van der Waals surface area contributed by atoms with Gasteiger partial charge in [0.2, 0.25) is 0 Å². The number of nitriles is 1. The zero-order valence-corrected chi connectivity index (χ0v) is 10.4. The summed E-state index contributed by atoms with van der Waals surface area (Å²) in [4.78, 5) is 0. The highest BCUT2D eigenvalue weighted by atomic mass is 79.9. The molecule has 0 spiro atoms. The van der Waals surface area contributed by atoms with Gasteiger partial charge >= 0.3 is 0 Å². The predicted molar refractivity (Wildman–Crippen MR) is 69.8 cm³/mol. The molecule has 0 aromatic heterocycles. The molecule has 2 aromatic rings. The van der Waals surface area contributed by atoms with Crippen LogP contribution in [-0.4, -0.2) is 0 Å². The van der Waals surface area contributed by atoms with Gasteiger partial charge in [-0.25, -0.2) is 0 Å². The van der Waals surface area contributed by atoms with Gasteiger partial charge in [0, 0.05) is 6.07 Å². The molecule has 0 bridgehead atoms. The number of nitrogens with two attached hydrogens (primary N) is 1. The molecule has 0 atom stereocenters. The first-order valence-electron chi connectivity index (χ1n) is 4.92. The van der Waals surface area contributed by atoms with Crippen LogP contribution in [0.3, 0.4) is 0 Å². The summed E-state index contributed by atoms with van der Waals surface area (Å²) in [7, 11) is 0. The summed E-state index contributed by atoms with van der Waals surface area (Å²) in [6.45, 7) is 0. The number of hydrogen-bond acceptors (Lipinski definition) is 3. The molecule has 0 aliphatic carbocycles. The van der Waals surface area contributed by atoms with E-state index in [1.54, 1.807) is 18.2 Å². The summed E-state index contributed by atoms with van der Waals surface area (Å²) >= 11 is 3.39. The molecule has 0 saturated carbocycles. The Kier molecular flexibility index (Phi) is 3.31. The number of nitrogen functional groups attached to an aromatic ring is 1. The third kappa shape index (κ3) is 2.58. The van der Waals surface area contributed by atoms with Crippen LogP contribution in [-0.2, 0) is 0 Å². The lowest BCUT2D eigenvalue weighted by Crippen LogP contribution is -1.92. The number of halogens is 1. The number of hydrogen-bond donors (Lipinski definition) is 1. The third-order valence-corrected chi connectivity index (χ3v) is 2.86. The maximum atomic E-state index is 8.76. The van der Waals surface area contributed by atoms with Crippen molar-refractivity contribution in [3.63, 3.8) is 0 Å². The lowest BCUT2D eigenvalue weighted by Gasteiger charge is -2.08. The van der Waals surface area contributed by atoms with E-state index in [0.29, 0.717) is 22.7 Å². The summed E-state index contributed by atoms with van der Waals surface area (Å²) in [5.74, 6) is 1.31. The van der Waals surface area contributed by atoms with Gasteiger partial charge in [-0.05, 0) is 40.2 Å². The van der Waals surface area contributed by atoms with Crippen LogP contribution >= 0.6 is 15.9 Å². The van der Waals surface area contributed by atoms with Crippen molar-refractivity contribution in [3.8, 4) is 17.6 Å². The fraction of sp³-hybridized carbons (Fsp3) is 0. The van der Waals surface area contributed by atoms with E-state index in [1.165, 1.54) is 0 Å². The molecule has 0 unspecified atom stereocenters. The maximum Gasteiger partial charge on any atom is 0.141 e. The van der Waals surface area contributed by atoms with E-state index in [2.05, 4.69) is 15.9 Å². The van der Waals surface area contributed by atoms with Crippen molar-refractivity contribution in [1.82, 2.24) is 0 Å². The van der Waals surface area contributed by atoms with Crippen molar-refractivity contribution >= 4 is 21.6 Å². The number of ether oxygens (including phenoxy) is 1. The minimum Gasteiger partial charge on any atom is -0.456 e. The second-order valence-electron chi connectivity index (χ2n) is 3.39. The van der Waals surface area contributed by atoms with E-state index >= 15 is 0 Å². The van der Waals surface area contributed by atoms with E-state index in [-0.39, 0.29) is 0 Å². The normalized spacial score (nSPS) is 9.65. The standard InChI is InChI=1S/C13H9BrN2O/c14-11-3-1-2-4-13(11)17-10-6-5-9(8-15)12(16)7-10/h1-7H,16H2. The highest BCUT2D eigenvalue weighted by Crippen LogP contribution is 2.30. The van der Waals surface area contributed by atoms with E-state index in [4.69, 9.17) is 15.7 Å². The minimum atomic E-state index is 0.414. The molecule has 17 heavy (non-hydrogen) atoms. The van der Waals surface area contributed by atoms with Crippen LogP contribution in [0.4, 0.5) is 5.69 Å². The molecule has 0 fully saturated rings. The van der Waals surface area contributed by atoms with Crippen LogP contribution in [0.1, 0.15) is 5.56 Å². The first-order chi connectivity index (χ1) is 8.20. The smallest absolute Gasteiger partial charge is 0.141 e. The summed E-state index contributed by atoms with van der Waals surface area (Å²) in [6, 6.07) is 14.5. The zero-order chi connectivity index (χ0) is 12.3. The van der Waals surface area contributed by atoms with Crippen molar-refractivity contribution in [2.24, 2.45) is 0 Å². The molecular weight excluding hydrogens is 280 g/mol. The summed E-state index contributed by atoms with van der Waals surface area (Å²) < 4.78 is 6.52. The van der Waals surface area contributed by atoms with Crippen LogP contribution < -0.4 is 10.5 Å². The fourth-order valence-electron chi connectivity index (χ4n) is 1.36. The van der Waals surface area contributed by atoms with Gasteiger partial charge in [0.1, 0.15) is 17.6 Å². The Bertz CT molecular complexity index is 590. The molecule has 0 saturated heterocycles.